The summed E-state index contributed by atoms with van der Waals surface area (Å²) in [4.78, 5) is 11.1. The van der Waals surface area contributed by atoms with Gasteiger partial charge in [-0.2, -0.15) is 0 Å². The van der Waals surface area contributed by atoms with Crippen LogP contribution < -0.4 is 0 Å². The van der Waals surface area contributed by atoms with Crippen molar-refractivity contribution in [1.29, 1.82) is 0 Å². The zero-order valence-electron chi connectivity index (χ0n) is 17.6. The van der Waals surface area contributed by atoms with Crippen LogP contribution in [0.15, 0.2) is 10.6 Å². The molecule has 8 atom stereocenters. The van der Waals surface area contributed by atoms with Crippen LogP contribution in [0.1, 0.15) is 101 Å². The third-order valence-electron chi connectivity index (χ3n) is 9.96. The Morgan fingerprint density at radius 2 is 1.82 bits per heavy atom. The second-order valence-electron chi connectivity index (χ2n) is 11.3. The Kier molecular flexibility index (Phi) is 4.15. The topological polar surface area (TPSA) is 63.3 Å². The van der Waals surface area contributed by atoms with Gasteiger partial charge in [-0.3, -0.25) is 4.79 Å². The molecule has 1 N–H and O–H groups in total. The van der Waals surface area contributed by atoms with Crippen LogP contribution in [0.3, 0.4) is 0 Å². The molecule has 4 fully saturated rings. The third kappa shape index (κ3) is 2.59. The Bertz CT molecular complexity index is 770. The van der Waals surface area contributed by atoms with Gasteiger partial charge in [-0.15, -0.1) is 0 Å². The summed E-state index contributed by atoms with van der Waals surface area (Å²) < 4.78 is 5.61. The summed E-state index contributed by atoms with van der Waals surface area (Å²) in [5.41, 5.74) is 0.644. The minimum absolute atomic E-state index is 0.268. The smallest absolute Gasteiger partial charge is 0.171 e. The van der Waals surface area contributed by atoms with Crippen molar-refractivity contribution in [2.75, 3.05) is 0 Å². The van der Waals surface area contributed by atoms with Gasteiger partial charge < -0.3 is 9.63 Å². The highest BCUT2D eigenvalue weighted by Gasteiger charge is 2.61. The lowest BCUT2D eigenvalue weighted by Crippen LogP contribution is -2.55. The van der Waals surface area contributed by atoms with Crippen molar-refractivity contribution < 1.29 is 14.4 Å². The quantitative estimate of drug-likeness (QED) is 0.696. The molecule has 154 valence electrons. The predicted octanol–water partition coefficient (Wildman–Crippen LogP) is 5.36. The maximum Gasteiger partial charge on any atom is 0.171 e. The van der Waals surface area contributed by atoms with E-state index in [1.54, 1.807) is 0 Å². The number of aromatic nitrogens is 1. The highest BCUT2D eigenvalue weighted by atomic mass is 16.5. The van der Waals surface area contributed by atoms with Crippen LogP contribution in [-0.4, -0.2) is 22.2 Å². The summed E-state index contributed by atoms with van der Waals surface area (Å²) in [6, 6.07) is 1.87. The van der Waals surface area contributed by atoms with Gasteiger partial charge in [-0.05, 0) is 99.2 Å². The fourth-order valence-corrected chi connectivity index (χ4v) is 8.42. The van der Waals surface area contributed by atoms with Crippen LogP contribution in [0.4, 0.5) is 0 Å². The van der Waals surface area contributed by atoms with E-state index in [2.05, 4.69) is 19.0 Å². The van der Waals surface area contributed by atoms with Crippen LogP contribution in [0.2, 0.25) is 0 Å². The van der Waals surface area contributed by atoms with E-state index >= 15 is 0 Å². The monoisotopic (exact) mass is 385 g/mol. The molecule has 28 heavy (non-hydrogen) atoms. The maximum absolute atomic E-state index is 11.1. The number of carbonyl (C=O) groups excluding carboxylic acids is 1. The lowest BCUT2D eigenvalue weighted by Gasteiger charge is -2.61. The molecule has 0 aliphatic heterocycles. The highest BCUT2D eigenvalue weighted by Crippen LogP contribution is 2.69. The van der Waals surface area contributed by atoms with Gasteiger partial charge >= 0.3 is 0 Å². The summed E-state index contributed by atoms with van der Waals surface area (Å²) >= 11 is 0. The third-order valence-corrected chi connectivity index (χ3v) is 9.96. The molecule has 4 aliphatic rings. The first-order valence-corrected chi connectivity index (χ1v) is 11.4. The Morgan fingerprint density at radius 3 is 2.57 bits per heavy atom. The molecule has 5 rings (SSSR count). The Balaban J connectivity index is 1.41. The van der Waals surface area contributed by atoms with Gasteiger partial charge in [-0.25, -0.2) is 0 Å². The number of rotatable bonds is 2. The second kappa shape index (κ2) is 6.17. The fraction of sp³-hybridized carbons (Fsp3) is 0.833. The minimum atomic E-state index is -0.457. The lowest BCUT2D eigenvalue weighted by atomic mass is 9.44. The Hall–Kier alpha value is -1.16. The molecule has 0 bridgehead atoms. The zero-order chi connectivity index (χ0) is 19.7. The van der Waals surface area contributed by atoms with E-state index in [1.165, 1.54) is 38.5 Å². The molecule has 0 aromatic carbocycles. The maximum atomic E-state index is 11.1. The standard InChI is InChI=1S/C24H35NO3/c1-22(27)10-11-23(2)15(13-22)4-5-17-18-6-7-20(21-12-16(14-26)25-28-21)24(18,3)9-8-19(17)23/h12,14-15,17-20,27H,4-11,13H2,1-3H3. The van der Waals surface area contributed by atoms with Crippen LogP contribution in [-0.2, 0) is 0 Å². The van der Waals surface area contributed by atoms with E-state index in [4.69, 9.17) is 4.52 Å². The highest BCUT2D eigenvalue weighted by molar-refractivity contribution is 5.71. The number of hydrogen-bond acceptors (Lipinski definition) is 4. The van der Waals surface area contributed by atoms with Crippen molar-refractivity contribution >= 4 is 6.29 Å². The number of carbonyl (C=O) groups is 1. The first kappa shape index (κ1) is 18.8. The Morgan fingerprint density at radius 1 is 1.04 bits per heavy atom. The molecule has 4 nitrogen and oxygen atoms in total. The average Bonchev–Trinajstić information content (AvgIpc) is 3.25. The summed E-state index contributed by atoms with van der Waals surface area (Å²) in [6.45, 7) is 7.07. The molecule has 1 aromatic heterocycles. The van der Waals surface area contributed by atoms with Gasteiger partial charge in [-0.1, -0.05) is 19.0 Å². The van der Waals surface area contributed by atoms with Crippen LogP contribution in [0.25, 0.3) is 0 Å². The number of nitrogens with zero attached hydrogens (tertiary/aromatic N) is 1. The summed E-state index contributed by atoms with van der Waals surface area (Å²) in [6.07, 6.45) is 11.5. The van der Waals surface area contributed by atoms with Crippen LogP contribution in [0.5, 0.6) is 0 Å². The van der Waals surface area contributed by atoms with Gasteiger partial charge in [0.1, 0.15) is 11.5 Å². The predicted molar refractivity (Wildman–Crippen MR) is 107 cm³/mol. The van der Waals surface area contributed by atoms with Crippen molar-refractivity contribution in [2.45, 2.75) is 90.1 Å². The molecule has 0 saturated heterocycles. The normalized spacial score (nSPS) is 50.5. The van der Waals surface area contributed by atoms with E-state index in [1.807, 2.05) is 13.0 Å². The molecular formula is C24H35NO3. The van der Waals surface area contributed by atoms with Crippen molar-refractivity contribution in [2.24, 2.45) is 34.5 Å². The first-order chi connectivity index (χ1) is 13.3. The summed E-state index contributed by atoms with van der Waals surface area (Å²) in [5.74, 6) is 4.38. The summed E-state index contributed by atoms with van der Waals surface area (Å²) in [5, 5.41) is 14.6. The fourth-order valence-electron chi connectivity index (χ4n) is 8.42. The number of aldehydes is 1. The number of aliphatic hydroxyl groups is 1. The van der Waals surface area contributed by atoms with Crippen molar-refractivity contribution in [3.05, 3.63) is 17.5 Å². The van der Waals surface area contributed by atoms with E-state index in [9.17, 15) is 9.90 Å². The lowest BCUT2D eigenvalue weighted by molar-refractivity contribution is -0.144. The molecule has 4 aliphatic carbocycles. The molecule has 8 unspecified atom stereocenters. The molecule has 1 aromatic rings. The van der Waals surface area contributed by atoms with Crippen molar-refractivity contribution in [3.63, 3.8) is 0 Å². The van der Waals surface area contributed by atoms with Crippen LogP contribution >= 0.6 is 0 Å². The van der Waals surface area contributed by atoms with Gasteiger partial charge in [0.05, 0.1) is 5.60 Å². The summed E-state index contributed by atoms with van der Waals surface area (Å²) in [7, 11) is 0. The first-order valence-electron chi connectivity index (χ1n) is 11.4. The second-order valence-corrected chi connectivity index (χ2v) is 11.3. The number of fused-ring (bicyclic) bond motifs is 5. The van der Waals surface area contributed by atoms with Crippen molar-refractivity contribution in [3.8, 4) is 0 Å². The minimum Gasteiger partial charge on any atom is -0.390 e. The Labute approximate surface area is 168 Å². The molecule has 0 radical (unpaired) electrons. The van der Waals surface area contributed by atoms with E-state index in [0.717, 1.165) is 49.1 Å². The molecule has 0 spiro atoms. The molecule has 0 amide bonds. The largest absolute Gasteiger partial charge is 0.390 e. The van der Waals surface area contributed by atoms with Gasteiger partial charge in [0.15, 0.2) is 6.29 Å². The van der Waals surface area contributed by atoms with Crippen molar-refractivity contribution in [1.82, 2.24) is 5.16 Å². The molecule has 1 heterocycles. The molecular weight excluding hydrogens is 350 g/mol. The van der Waals surface area contributed by atoms with E-state index < -0.39 is 5.60 Å². The van der Waals surface area contributed by atoms with Gasteiger partial charge in [0.2, 0.25) is 0 Å². The van der Waals surface area contributed by atoms with E-state index in [-0.39, 0.29) is 5.41 Å². The van der Waals surface area contributed by atoms with Gasteiger partial charge in [0, 0.05) is 12.0 Å². The molecule has 4 heteroatoms. The average molecular weight is 386 g/mol. The number of hydrogen-bond donors (Lipinski definition) is 1. The van der Waals surface area contributed by atoms with E-state index in [0.29, 0.717) is 22.9 Å². The zero-order valence-corrected chi connectivity index (χ0v) is 17.6. The molecule has 4 saturated carbocycles. The SMILES string of the molecule is CC1(O)CCC2(C)C(CCC3C2CCC2(C)C(c4cc(C=O)no4)CCC32)C1. The van der Waals surface area contributed by atoms with Crippen LogP contribution in [0, 0.1) is 34.5 Å². The van der Waals surface area contributed by atoms with Gasteiger partial charge in [0.25, 0.3) is 0 Å².